The molecule has 186 valence electrons. The maximum absolute atomic E-state index is 10.6. The highest BCUT2D eigenvalue weighted by atomic mass is 17.2. The number of methoxy groups -OCH3 is 2. The Hall–Kier alpha value is -2.64. The molecular weight excluding hydrogens is 452 g/mol. The summed E-state index contributed by atoms with van der Waals surface area (Å²) in [7, 11) is 3.05. The Kier molecular flexibility index (Phi) is 7.43. The summed E-state index contributed by atoms with van der Waals surface area (Å²) >= 11 is 0. The summed E-state index contributed by atoms with van der Waals surface area (Å²) in [5, 5.41) is 49.6. The van der Waals surface area contributed by atoms with Crippen molar-refractivity contribution in [3.8, 4) is 23.0 Å². The lowest BCUT2D eigenvalue weighted by atomic mass is 9.86. The third kappa shape index (κ3) is 4.51. The van der Waals surface area contributed by atoms with Gasteiger partial charge in [-0.05, 0) is 18.2 Å². The van der Waals surface area contributed by atoms with Gasteiger partial charge < -0.3 is 49.4 Å². The Morgan fingerprint density at radius 1 is 1.00 bits per heavy atom. The first kappa shape index (κ1) is 24.5. The lowest BCUT2D eigenvalue weighted by Crippen LogP contribution is -2.59. The van der Waals surface area contributed by atoms with Crippen molar-refractivity contribution in [3.05, 3.63) is 47.5 Å². The van der Waals surface area contributed by atoms with Gasteiger partial charge in [-0.2, -0.15) is 4.89 Å². The summed E-state index contributed by atoms with van der Waals surface area (Å²) in [6.45, 7) is -0.372. The maximum Gasteiger partial charge on any atom is 0.232 e. The van der Waals surface area contributed by atoms with Crippen LogP contribution >= 0.6 is 0 Å². The van der Waals surface area contributed by atoms with E-state index in [2.05, 4.69) is 0 Å². The molecule has 0 bridgehead atoms. The zero-order chi connectivity index (χ0) is 24.4. The summed E-state index contributed by atoms with van der Waals surface area (Å²) in [5.41, 5.74) is 1.35. The van der Waals surface area contributed by atoms with Crippen molar-refractivity contribution in [2.45, 2.75) is 42.7 Å². The van der Waals surface area contributed by atoms with E-state index in [1.54, 1.807) is 43.5 Å². The van der Waals surface area contributed by atoms with Gasteiger partial charge in [-0.3, -0.25) is 0 Å². The number of aliphatic hydroxyl groups excluding tert-OH is 4. The fraction of sp³-hybridized carbons (Fsp3) is 0.478. The van der Waals surface area contributed by atoms with Crippen LogP contribution in [0.15, 0.2) is 36.4 Å². The predicted molar refractivity (Wildman–Crippen MR) is 115 cm³/mol. The third-order valence-electron chi connectivity index (χ3n) is 6.07. The van der Waals surface area contributed by atoms with E-state index in [9.17, 15) is 25.5 Å². The van der Waals surface area contributed by atoms with E-state index >= 15 is 0 Å². The van der Waals surface area contributed by atoms with E-state index in [1.165, 1.54) is 7.11 Å². The summed E-state index contributed by atoms with van der Waals surface area (Å²) in [6, 6.07) is 10.1. The minimum absolute atomic E-state index is 0.0250. The number of phenolic OH excluding ortho intramolecular Hbond substituents is 1. The van der Waals surface area contributed by atoms with Gasteiger partial charge >= 0.3 is 0 Å². The lowest BCUT2D eigenvalue weighted by Gasteiger charge is -2.38. The van der Waals surface area contributed by atoms with Gasteiger partial charge in [-0.25, -0.2) is 0 Å². The number of para-hydroxylation sites is 1. The van der Waals surface area contributed by atoms with Gasteiger partial charge in [-0.1, -0.05) is 12.1 Å². The zero-order valence-corrected chi connectivity index (χ0v) is 18.6. The molecule has 2 aromatic rings. The molecule has 2 aliphatic heterocycles. The summed E-state index contributed by atoms with van der Waals surface area (Å²) in [6.07, 6.45) is -7.67. The van der Waals surface area contributed by atoms with Crippen LogP contribution in [-0.2, 0) is 14.4 Å². The quantitative estimate of drug-likeness (QED) is 0.276. The molecule has 0 aromatic heterocycles. The standard InChI is InChI=1S/C23H28O11/c1-29-15-5-3-4-12(18(15)25)14-10-31-16-8-11(6-7-13(16)22(14)30-2)33-34-23-21(28)20(27)19(26)17(9-24)32-23/h3-8,14,17,19-28H,9-10H2,1-2H3/t14?,17-,19-,20+,21-,22?,23?/m1/s1. The molecule has 4 rings (SSSR count). The molecule has 2 aliphatic rings. The Labute approximate surface area is 195 Å². The molecule has 7 atom stereocenters. The first-order valence-corrected chi connectivity index (χ1v) is 10.7. The van der Waals surface area contributed by atoms with Gasteiger partial charge in [0.05, 0.1) is 32.3 Å². The first-order valence-electron chi connectivity index (χ1n) is 10.7. The highest BCUT2D eigenvalue weighted by Gasteiger charge is 2.45. The Balaban J connectivity index is 1.49. The summed E-state index contributed by atoms with van der Waals surface area (Å²) in [4.78, 5) is 10.4. The normalized spacial score (nSPS) is 30.8. The molecule has 1 saturated heterocycles. The molecule has 11 heteroatoms. The lowest BCUT2D eigenvalue weighted by molar-refractivity contribution is -0.386. The second kappa shape index (κ2) is 10.3. The molecule has 0 amide bonds. The van der Waals surface area contributed by atoms with E-state index in [0.29, 0.717) is 17.1 Å². The number of ether oxygens (including phenoxy) is 4. The number of rotatable bonds is 7. The molecule has 1 fully saturated rings. The molecular formula is C23H28O11. The SMILES string of the molecule is COc1cccc(C2COc3cc(OOC4O[C@H](CO)[C@@H](O)[C@H](O)[C@H]4O)ccc3C2OC)c1O. The van der Waals surface area contributed by atoms with E-state index in [-0.39, 0.29) is 24.0 Å². The van der Waals surface area contributed by atoms with Crippen LogP contribution in [0.2, 0.25) is 0 Å². The average Bonchev–Trinajstić information content (AvgIpc) is 2.86. The van der Waals surface area contributed by atoms with Crippen molar-refractivity contribution in [1.29, 1.82) is 0 Å². The third-order valence-corrected chi connectivity index (χ3v) is 6.07. The molecule has 5 N–H and O–H groups in total. The number of hydrogen-bond donors (Lipinski definition) is 5. The molecule has 0 saturated carbocycles. The molecule has 34 heavy (non-hydrogen) atoms. The van der Waals surface area contributed by atoms with Gasteiger partial charge in [0.25, 0.3) is 0 Å². The Morgan fingerprint density at radius 3 is 2.50 bits per heavy atom. The van der Waals surface area contributed by atoms with Gasteiger partial charge in [0, 0.05) is 24.3 Å². The number of aliphatic hydroxyl groups is 4. The topological polar surface area (TPSA) is 157 Å². The second-order valence-electron chi connectivity index (χ2n) is 8.05. The monoisotopic (exact) mass is 480 g/mol. The minimum Gasteiger partial charge on any atom is -0.504 e. The fourth-order valence-electron chi connectivity index (χ4n) is 4.21. The van der Waals surface area contributed by atoms with E-state index in [1.807, 2.05) is 0 Å². The van der Waals surface area contributed by atoms with Crippen LogP contribution in [0.25, 0.3) is 0 Å². The van der Waals surface area contributed by atoms with Gasteiger partial charge in [0.15, 0.2) is 17.2 Å². The number of phenols is 1. The van der Waals surface area contributed by atoms with E-state index in [0.717, 1.165) is 5.56 Å². The van der Waals surface area contributed by atoms with Crippen molar-refractivity contribution in [2.75, 3.05) is 27.4 Å². The summed E-state index contributed by atoms with van der Waals surface area (Å²) < 4.78 is 22.1. The smallest absolute Gasteiger partial charge is 0.232 e. The van der Waals surface area contributed by atoms with Crippen LogP contribution in [0, 0.1) is 0 Å². The number of hydrogen-bond acceptors (Lipinski definition) is 11. The predicted octanol–water partition coefficient (Wildman–Crippen LogP) is 0.375. The maximum atomic E-state index is 10.6. The Morgan fingerprint density at radius 2 is 1.79 bits per heavy atom. The highest BCUT2D eigenvalue weighted by Crippen LogP contribution is 2.47. The van der Waals surface area contributed by atoms with Crippen molar-refractivity contribution >= 4 is 0 Å². The van der Waals surface area contributed by atoms with Crippen molar-refractivity contribution in [2.24, 2.45) is 0 Å². The zero-order valence-electron chi connectivity index (χ0n) is 18.6. The van der Waals surface area contributed by atoms with Gasteiger partial charge in [0.1, 0.15) is 30.2 Å². The number of aromatic hydroxyl groups is 1. The Bertz CT molecular complexity index is 981. The first-order chi connectivity index (χ1) is 16.4. The van der Waals surface area contributed by atoms with E-state index in [4.69, 9.17) is 28.7 Å². The molecule has 0 radical (unpaired) electrons. The van der Waals surface area contributed by atoms with Crippen molar-refractivity contribution in [3.63, 3.8) is 0 Å². The van der Waals surface area contributed by atoms with E-state index < -0.39 is 43.4 Å². The molecule has 0 spiro atoms. The van der Waals surface area contributed by atoms with Crippen LogP contribution in [0.5, 0.6) is 23.0 Å². The van der Waals surface area contributed by atoms with Crippen LogP contribution in [-0.4, -0.2) is 83.7 Å². The van der Waals surface area contributed by atoms with Crippen LogP contribution in [0.4, 0.5) is 0 Å². The van der Waals surface area contributed by atoms with Crippen molar-refractivity contribution < 1.29 is 54.3 Å². The molecule has 0 aliphatic carbocycles. The number of fused-ring (bicyclic) bond motifs is 1. The summed E-state index contributed by atoms with van der Waals surface area (Å²) in [5.74, 6) is 0.766. The molecule has 2 heterocycles. The second-order valence-corrected chi connectivity index (χ2v) is 8.05. The van der Waals surface area contributed by atoms with Gasteiger partial charge in [-0.15, -0.1) is 0 Å². The minimum atomic E-state index is -1.60. The van der Waals surface area contributed by atoms with Crippen LogP contribution in [0.3, 0.4) is 0 Å². The van der Waals surface area contributed by atoms with Gasteiger partial charge in [0.2, 0.25) is 6.29 Å². The largest absolute Gasteiger partial charge is 0.504 e. The highest BCUT2D eigenvalue weighted by molar-refractivity contribution is 5.51. The molecule has 3 unspecified atom stereocenters. The molecule has 11 nitrogen and oxygen atoms in total. The van der Waals surface area contributed by atoms with Crippen LogP contribution < -0.4 is 14.4 Å². The fourth-order valence-corrected chi connectivity index (χ4v) is 4.21. The van der Waals surface area contributed by atoms with Crippen LogP contribution in [0.1, 0.15) is 23.1 Å². The average molecular weight is 480 g/mol. The van der Waals surface area contributed by atoms with Crippen molar-refractivity contribution in [1.82, 2.24) is 0 Å². The number of benzene rings is 2. The molecule has 2 aromatic carbocycles.